The van der Waals surface area contributed by atoms with Gasteiger partial charge < -0.3 is 5.32 Å². The van der Waals surface area contributed by atoms with E-state index in [0.717, 1.165) is 5.92 Å². The van der Waals surface area contributed by atoms with Crippen LogP contribution in [0.25, 0.3) is 0 Å². The molecule has 0 aromatic rings. The maximum Gasteiger partial charge on any atom is 0.235 e. The second-order valence-corrected chi connectivity index (χ2v) is 3.26. The summed E-state index contributed by atoms with van der Waals surface area (Å²) in [6.07, 6.45) is 2.93. The minimum atomic E-state index is 0.180. The monoisotopic (exact) mass is 140 g/mol. The van der Waals surface area contributed by atoms with Crippen LogP contribution in [0.3, 0.4) is 0 Å². The van der Waals surface area contributed by atoms with Crippen molar-refractivity contribution in [3.63, 3.8) is 0 Å². The van der Waals surface area contributed by atoms with Gasteiger partial charge in [-0.25, -0.2) is 0 Å². The third-order valence-corrected chi connectivity index (χ3v) is 2.25. The first-order chi connectivity index (χ1) is 4.77. The number of carbonyl (C=O) groups excluding carboxylic acids is 1. The minimum absolute atomic E-state index is 0.180. The molecule has 3 heteroatoms. The molecule has 0 aromatic carbocycles. The van der Waals surface area contributed by atoms with Gasteiger partial charge in [-0.15, -0.1) is 0 Å². The molecule has 1 heterocycles. The second-order valence-electron chi connectivity index (χ2n) is 3.26. The van der Waals surface area contributed by atoms with Gasteiger partial charge in [0.05, 0.1) is 12.7 Å². The molecule has 1 saturated heterocycles. The molecule has 1 N–H and O–H groups in total. The topological polar surface area (TPSA) is 32.3 Å². The van der Waals surface area contributed by atoms with Crippen LogP contribution in [0.2, 0.25) is 0 Å². The molecule has 0 aromatic heterocycles. The Hall–Kier alpha value is -0.570. The zero-order valence-electron chi connectivity index (χ0n) is 6.13. The Labute approximate surface area is 60.4 Å². The predicted octanol–water partition coefficient (Wildman–Crippen LogP) is -0.216. The summed E-state index contributed by atoms with van der Waals surface area (Å²) < 4.78 is 0. The lowest BCUT2D eigenvalue weighted by Gasteiger charge is -2.16. The normalized spacial score (nSPS) is 34.5. The lowest BCUT2D eigenvalue weighted by Crippen LogP contribution is -2.35. The fraction of sp³-hybridized carbons (Fsp3) is 0.857. The highest BCUT2D eigenvalue weighted by molar-refractivity contribution is 5.80. The van der Waals surface area contributed by atoms with E-state index in [1.165, 1.54) is 12.8 Å². The largest absolute Gasteiger partial charge is 0.339 e. The van der Waals surface area contributed by atoms with E-state index >= 15 is 0 Å². The third-order valence-electron chi connectivity index (χ3n) is 2.25. The van der Waals surface area contributed by atoms with Gasteiger partial charge >= 0.3 is 0 Å². The van der Waals surface area contributed by atoms with Gasteiger partial charge in [-0.1, -0.05) is 0 Å². The summed E-state index contributed by atoms with van der Waals surface area (Å²) in [5, 5.41) is 2.95. The summed E-state index contributed by atoms with van der Waals surface area (Å²) in [4.78, 5) is 12.9. The fourth-order valence-electron chi connectivity index (χ4n) is 1.54. The molecule has 0 spiro atoms. The van der Waals surface area contributed by atoms with E-state index in [4.69, 9.17) is 0 Å². The lowest BCUT2D eigenvalue weighted by atomic mass is 10.3. The lowest BCUT2D eigenvalue weighted by molar-refractivity contribution is -0.118. The van der Waals surface area contributed by atoms with Crippen molar-refractivity contribution in [2.45, 2.75) is 19.0 Å². The molecule has 1 aliphatic carbocycles. The molecular weight excluding hydrogens is 128 g/mol. The van der Waals surface area contributed by atoms with Crippen molar-refractivity contribution in [3.05, 3.63) is 0 Å². The Morgan fingerprint density at radius 3 is 2.70 bits per heavy atom. The van der Waals surface area contributed by atoms with Gasteiger partial charge in [-0.2, -0.15) is 0 Å². The number of nitrogens with zero attached hydrogens (tertiary/aromatic N) is 1. The molecule has 1 aliphatic heterocycles. The van der Waals surface area contributed by atoms with Gasteiger partial charge in [-0.05, 0) is 25.8 Å². The molecule has 2 rings (SSSR count). The van der Waals surface area contributed by atoms with Crippen molar-refractivity contribution in [2.24, 2.45) is 5.92 Å². The molecule has 10 heavy (non-hydrogen) atoms. The Bertz CT molecular complexity index is 165. The van der Waals surface area contributed by atoms with Crippen LogP contribution in [0.4, 0.5) is 0 Å². The number of amides is 1. The smallest absolute Gasteiger partial charge is 0.235 e. The number of nitrogens with one attached hydrogen (secondary N) is 1. The van der Waals surface area contributed by atoms with Gasteiger partial charge in [0.2, 0.25) is 5.91 Å². The van der Waals surface area contributed by atoms with Crippen molar-refractivity contribution in [1.82, 2.24) is 10.2 Å². The van der Waals surface area contributed by atoms with E-state index in [9.17, 15) is 4.79 Å². The van der Waals surface area contributed by atoms with Gasteiger partial charge in [0.1, 0.15) is 0 Å². The summed E-state index contributed by atoms with van der Waals surface area (Å²) in [5.74, 6) is 0.927. The van der Waals surface area contributed by atoms with E-state index < -0.39 is 0 Å². The highest BCUT2D eigenvalue weighted by Gasteiger charge is 2.38. The number of carbonyl (C=O) groups is 1. The Kier molecular flexibility index (Phi) is 1.20. The van der Waals surface area contributed by atoms with Gasteiger partial charge in [0.15, 0.2) is 0 Å². The maximum absolute atomic E-state index is 10.8. The average molecular weight is 140 g/mol. The highest BCUT2D eigenvalue weighted by atomic mass is 16.2. The average Bonchev–Trinajstić information content (AvgIpc) is 2.61. The van der Waals surface area contributed by atoms with Crippen LogP contribution in [0.5, 0.6) is 0 Å². The molecule has 1 saturated carbocycles. The van der Waals surface area contributed by atoms with Gasteiger partial charge in [0, 0.05) is 0 Å². The Morgan fingerprint density at radius 2 is 2.30 bits per heavy atom. The Morgan fingerprint density at radius 1 is 1.60 bits per heavy atom. The van der Waals surface area contributed by atoms with E-state index in [-0.39, 0.29) is 5.91 Å². The van der Waals surface area contributed by atoms with Crippen molar-refractivity contribution in [3.8, 4) is 0 Å². The summed E-state index contributed by atoms with van der Waals surface area (Å²) in [6, 6.07) is 0. The minimum Gasteiger partial charge on any atom is -0.339 e. The Balaban J connectivity index is 2.01. The van der Waals surface area contributed by atoms with Crippen molar-refractivity contribution in [2.75, 3.05) is 13.6 Å². The van der Waals surface area contributed by atoms with Gasteiger partial charge in [0.25, 0.3) is 0 Å². The van der Waals surface area contributed by atoms with E-state index in [2.05, 4.69) is 10.2 Å². The van der Waals surface area contributed by atoms with E-state index in [1.54, 1.807) is 0 Å². The first-order valence-electron chi connectivity index (χ1n) is 3.77. The second kappa shape index (κ2) is 1.95. The molecule has 2 aliphatic rings. The molecule has 1 atom stereocenters. The number of rotatable bonds is 1. The molecule has 0 bridgehead atoms. The van der Waals surface area contributed by atoms with Crippen LogP contribution in [0, 0.1) is 5.92 Å². The summed E-state index contributed by atoms with van der Waals surface area (Å²) in [6.45, 7) is 0.584. The number of likely N-dealkylation sites (N-methyl/N-ethyl adjacent to an activating group) is 1. The van der Waals surface area contributed by atoms with Crippen LogP contribution in [0.15, 0.2) is 0 Å². The molecule has 1 unspecified atom stereocenters. The molecule has 1 amide bonds. The number of hydrogen-bond donors (Lipinski definition) is 1. The highest BCUT2D eigenvalue weighted by Crippen LogP contribution is 2.34. The molecule has 56 valence electrons. The summed E-state index contributed by atoms with van der Waals surface area (Å²) in [7, 11) is 2.00. The van der Waals surface area contributed by atoms with Crippen LogP contribution >= 0.6 is 0 Å². The zero-order valence-corrected chi connectivity index (χ0v) is 6.13. The fourth-order valence-corrected chi connectivity index (χ4v) is 1.54. The van der Waals surface area contributed by atoms with Gasteiger partial charge in [-0.3, -0.25) is 9.69 Å². The predicted molar refractivity (Wildman–Crippen MR) is 37.3 cm³/mol. The van der Waals surface area contributed by atoms with Crippen molar-refractivity contribution in [1.29, 1.82) is 0 Å². The van der Waals surface area contributed by atoms with Crippen LogP contribution in [-0.2, 0) is 4.79 Å². The quantitative estimate of drug-likeness (QED) is 0.546. The summed E-state index contributed by atoms with van der Waals surface area (Å²) >= 11 is 0. The molecule has 3 nitrogen and oxygen atoms in total. The standard InChI is InChI=1S/C7H12N2O/c1-9-4-6(10)8-7(9)5-2-3-5/h5,7H,2-4H2,1H3,(H,8,10). The third kappa shape index (κ3) is 0.904. The van der Waals surface area contributed by atoms with Crippen molar-refractivity contribution < 1.29 is 4.79 Å². The molecule has 2 fully saturated rings. The summed E-state index contributed by atoms with van der Waals surface area (Å²) in [5.41, 5.74) is 0. The van der Waals surface area contributed by atoms with Crippen LogP contribution in [0.1, 0.15) is 12.8 Å². The molecule has 0 radical (unpaired) electrons. The molecular formula is C7H12N2O. The zero-order chi connectivity index (χ0) is 7.14. The maximum atomic E-state index is 10.8. The van der Waals surface area contributed by atoms with Crippen molar-refractivity contribution >= 4 is 5.91 Å². The van der Waals surface area contributed by atoms with Crippen LogP contribution < -0.4 is 5.32 Å². The number of hydrogen-bond acceptors (Lipinski definition) is 2. The SMILES string of the molecule is CN1CC(=O)NC1C1CC1. The first-order valence-corrected chi connectivity index (χ1v) is 3.77. The van der Waals surface area contributed by atoms with E-state index in [1.807, 2.05) is 7.05 Å². The van der Waals surface area contributed by atoms with Crippen LogP contribution in [-0.4, -0.2) is 30.6 Å². The first kappa shape index (κ1) is 6.16. The van der Waals surface area contributed by atoms with E-state index in [0.29, 0.717) is 12.7 Å².